The highest BCUT2D eigenvalue weighted by Gasteiger charge is 2.55. The van der Waals surface area contributed by atoms with Gasteiger partial charge in [-0.15, -0.1) is 17.2 Å². The Kier molecular flexibility index (Phi) is 4.96. The molecule has 0 N–H and O–H groups in total. The Balaban J connectivity index is 1.43. The molecule has 2 aliphatic heterocycles. The lowest BCUT2D eigenvalue weighted by Crippen LogP contribution is -2.51. The molecular weight excluding hydrogens is 290 g/mol. The van der Waals surface area contributed by atoms with Crippen molar-refractivity contribution in [3.8, 4) is 0 Å². The number of hydrogen-bond acceptors (Lipinski definition) is 0. The molecule has 7 unspecified atom stereocenters. The summed E-state index contributed by atoms with van der Waals surface area (Å²) in [6.07, 6.45) is 22.0. The molecule has 0 aromatic heterocycles. The SMILES string of the molecule is C1CCCC2PC3(CCC2CC1)PC1CCCCCCC13. The third-order valence-electron chi connectivity index (χ3n) is 7.10. The summed E-state index contributed by atoms with van der Waals surface area (Å²) in [4.78, 5) is 0.905. The number of rotatable bonds is 0. The second-order valence-corrected chi connectivity index (χ2v) is 12.7. The summed E-state index contributed by atoms with van der Waals surface area (Å²) in [6, 6.07) is 0. The summed E-state index contributed by atoms with van der Waals surface area (Å²) in [5.41, 5.74) is 2.35. The van der Waals surface area contributed by atoms with E-state index in [2.05, 4.69) is 0 Å². The predicted octanol–water partition coefficient (Wildman–Crippen LogP) is 6.53. The van der Waals surface area contributed by atoms with Gasteiger partial charge in [0.05, 0.1) is 0 Å². The van der Waals surface area contributed by atoms with Gasteiger partial charge >= 0.3 is 0 Å². The summed E-state index contributed by atoms with van der Waals surface area (Å²) in [6.45, 7) is 0. The van der Waals surface area contributed by atoms with Gasteiger partial charge in [-0.2, -0.15) is 0 Å². The third-order valence-corrected chi connectivity index (χ3v) is 12.4. The first-order valence-electron chi connectivity index (χ1n) is 9.93. The Morgan fingerprint density at radius 1 is 0.571 bits per heavy atom. The van der Waals surface area contributed by atoms with Crippen molar-refractivity contribution >= 4 is 17.2 Å². The molecule has 0 amide bonds. The van der Waals surface area contributed by atoms with Crippen molar-refractivity contribution in [2.24, 2.45) is 11.8 Å². The maximum Gasteiger partial charge on any atom is 0.00891 e. The Morgan fingerprint density at radius 3 is 2.00 bits per heavy atom. The summed E-state index contributed by atoms with van der Waals surface area (Å²) < 4.78 is 0. The van der Waals surface area contributed by atoms with E-state index in [1.807, 2.05) is 0 Å². The lowest BCUT2D eigenvalue weighted by molar-refractivity contribution is 0.263. The zero-order valence-electron chi connectivity index (χ0n) is 13.7. The van der Waals surface area contributed by atoms with Crippen molar-refractivity contribution in [3.05, 3.63) is 0 Å². The Morgan fingerprint density at radius 2 is 1.19 bits per heavy atom. The summed E-state index contributed by atoms with van der Waals surface area (Å²) in [5, 5.41) is 0. The second-order valence-electron chi connectivity index (χ2n) is 8.36. The molecule has 0 aromatic rings. The highest BCUT2D eigenvalue weighted by molar-refractivity contribution is 7.62. The molecule has 4 rings (SSSR count). The Hall–Kier alpha value is 0.860. The minimum Gasteiger partial charge on any atom is -0.108 e. The molecule has 2 saturated heterocycles. The summed E-state index contributed by atoms with van der Waals surface area (Å²) >= 11 is 0. The van der Waals surface area contributed by atoms with Gasteiger partial charge in [0.15, 0.2) is 0 Å². The van der Waals surface area contributed by atoms with E-state index in [4.69, 9.17) is 0 Å². The van der Waals surface area contributed by atoms with Gasteiger partial charge < -0.3 is 0 Å². The molecule has 4 aliphatic rings. The molecule has 2 saturated carbocycles. The van der Waals surface area contributed by atoms with Crippen LogP contribution in [0.1, 0.15) is 89.9 Å². The van der Waals surface area contributed by atoms with Gasteiger partial charge in [-0.05, 0) is 61.7 Å². The van der Waals surface area contributed by atoms with E-state index in [-0.39, 0.29) is 0 Å². The second kappa shape index (κ2) is 6.77. The molecule has 2 heterocycles. The van der Waals surface area contributed by atoms with E-state index in [1.54, 1.807) is 64.2 Å². The first-order chi connectivity index (χ1) is 10.4. The normalized spacial score (nSPS) is 50.3. The van der Waals surface area contributed by atoms with Crippen LogP contribution in [0.3, 0.4) is 0 Å². The molecule has 2 aliphatic carbocycles. The van der Waals surface area contributed by atoms with Crippen molar-refractivity contribution in [2.75, 3.05) is 0 Å². The fourth-order valence-electron chi connectivity index (χ4n) is 5.91. The highest BCUT2D eigenvalue weighted by atomic mass is 31.1. The molecule has 0 radical (unpaired) electrons. The minimum atomic E-state index is 0.905. The van der Waals surface area contributed by atoms with Crippen molar-refractivity contribution in [3.63, 3.8) is 0 Å². The van der Waals surface area contributed by atoms with Crippen LogP contribution in [0.4, 0.5) is 0 Å². The van der Waals surface area contributed by atoms with Crippen molar-refractivity contribution < 1.29 is 0 Å². The van der Waals surface area contributed by atoms with Gasteiger partial charge in [0.1, 0.15) is 0 Å². The van der Waals surface area contributed by atoms with Crippen LogP contribution < -0.4 is 0 Å². The largest absolute Gasteiger partial charge is 0.108 e. The van der Waals surface area contributed by atoms with Gasteiger partial charge in [0, 0.05) is 4.90 Å². The topological polar surface area (TPSA) is 0 Å². The van der Waals surface area contributed by atoms with Crippen molar-refractivity contribution in [1.29, 1.82) is 0 Å². The fraction of sp³-hybridized carbons (Fsp3) is 1.00. The zero-order valence-corrected chi connectivity index (χ0v) is 15.7. The molecule has 0 aromatic carbocycles. The van der Waals surface area contributed by atoms with E-state index in [0.29, 0.717) is 0 Å². The van der Waals surface area contributed by atoms with Gasteiger partial charge in [-0.1, -0.05) is 51.4 Å². The predicted molar refractivity (Wildman–Crippen MR) is 98.6 cm³/mol. The van der Waals surface area contributed by atoms with Crippen LogP contribution in [0.2, 0.25) is 0 Å². The zero-order chi connectivity index (χ0) is 14.1. The molecule has 1 spiro atoms. The van der Waals surface area contributed by atoms with Crippen LogP contribution in [0.5, 0.6) is 0 Å². The Labute approximate surface area is 135 Å². The number of fused-ring (bicyclic) bond motifs is 3. The molecule has 4 fully saturated rings. The van der Waals surface area contributed by atoms with E-state index in [1.165, 1.54) is 54.4 Å². The smallest absolute Gasteiger partial charge is 0.00891 e. The van der Waals surface area contributed by atoms with Crippen LogP contribution in [0.15, 0.2) is 0 Å². The standard InChI is InChI=1S/C19H34P2/c1-3-7-11-17-15(9-5-1)13-14-19(20-17)16-10-6-2-4-8-12-18(16)21-19/h15-18,20-21H,1-14H2. The van der Waals surface area contributed by atoms with Crippen molar-refractivity contribution in [2.45, 2.75) is 106 Å². The van der Waals surface area contributed by atoms with E-state index < -0.39 is 0 Å². The maximum absolute atomic E-state index is 1.65. The molecule has 21 heavy (non-hydrogen) atoms. The molecule has 0 nitrogen and oxygen atoms in total. The van der Waals surface area contributed by atoms with Crippen LogP contribution in [-0.4, -0.2) is 16.2 Å². The van der Waals surface area contributed by atoms with Crippen LogP contribution in [0, 0.1) is 11.8 Å². The van der Waals surface area contributed by atoms with Gasteiger partial charge in [-0.3, -0.25) is 0 Å². The monoisotopic (exact) mass is 324 g/mol. The average molecular weight is 324 g/mol. The first kappa shape index (κ1) is 15.4. The van der Waals surface area contributed by atoms with E-state index >= 15 is 0 Å². The molecule has 2 heteroatoms. The highest BCUT2D eigenvalue weighted by Crippen LogP contribution is 2.74. The quantitative estimate of drug-likeness (QED) is 0.445. The Bertz CT molecular complexity index is 355. The first-order valence-corrected chi connectivity index (χ1v) is 12.1. The maximum atomic E-state index is 1.65. The van der Waals surface area contributed by atoms with E-state index in [9.17, 15) is 0 Å². The van der Waals surface area contributed by atoms with Crippen LogP contribution in [0.25, 0.3) is 0 Å². The molecule has 120 valence electrons. The fourth-order valence-corrected chi connectivity index (χ4v) is 12.2. The third kappa shape index (κ3) is 3.11. The lowest BCUT2D eigenvalue weighted by atomic mass is 9.81. The summed E-state index contributed by atoms with van der Waals surface area (Å²) in [5.74, 6) is 2.33. The van der Waals surface area contributed by atoms with Crippen LogP contribution >= 0.6 is 17.2 Å². The number of hydrogen-bond donors (Lipinski definition) is 0. The summed E-state index contributed by atoms with van der Waals surface area (Å²) in [7, 11) is 2.75. The average Bonchev–Trinajstić information content (AvgIpc) is 2.43. The van der Waals surface area contributed by atoms with Gasteiger partial charge in [0.2, 0.25) is 0 Å². The molecular formula is C19H34P2. The van der Waals surface area contributed by atoms with Gasteiger partial charge in [0.25, 0.3) is 0 Å². The van der Waals surface area contributed by atoms with Gasteiger partial charge in [-0.25, -0.2) is 0 Å². The molecule has 7 atom stereocenters. The van der Waals surface area contributed by atoms with E-state index in [0.717, 1.165) is 16.5 Å². The van der Waals surface area contributed by atoms with Crippen LogP contribution in [-0.2, 0) is 0 Å². The molecule has 0 bridgehead atoms. The minimum absolute atomic E-state index is 0.905. The van der Waals surface area contributed by atoms with Crippen molar-refractivity contribution in [1.82, 2.24) is 0 Å². The lowest BCUT2D eigenvalue weighted by Gasteiger charge is -2.61.